The predicted molar refractivity (Wildman–Crippen MR) is 266 cm³/mol. The zero-order valence-corrected chi connectivity index (χ0v) is 41.6. The van der Waals surface area contributed by atoms with Crippen LogP contribution in [0.3, 0.4) is 0 Å². The van der Waals surface area contributed by atoms with Crippen LogP contribution in [-0.4, -0.2) is 105 Å². The van der Waals surface area contributed by atoms with E-state index in [0.717, 1.165) is 16.0 Å². The molecular formula is C54H58FN7O13. The molecule has 2 aromatic heterocycles. The molecule has 8 rings (SSSR count). The fourth-order valence-corrected chi connectivity index (χ4v) is 10.1. The first-order valence-corrected chi connectivity index (χ1v) is 25.2. The van der Waals surface area contributed by atoms with Crippen molar-refractivity contribution in [2.24, 2.45) is 0 Å². The number of esters is 1. The Bertz CT molecular complexity index is 3080. The molecular weight excluding hydrogens is 974 g/mol. The standard InChI is InChI=1S/C54H58FN7O13/c1-3-54(73)36-25-41-50-34(28-62(41)51(70)35(36)29-75-52(54)71)49-38(15-14-33-30(2)37(55)26-40(59-50)48(33)49)60-53(72)74-23-21-56-44(66)18-16-42(64)39(24-31-10-6-4-7-11-31)58-45(67)17-13-32(63)27-57-43(65)12-8-5-9-22-61-46(68)19-20-47(61)69/h4,6-7,10-11,19-20,25-26,38-39,73H,3,5,8-9,12-18,21-24,27-29H2,1-2H3,(H,56,66)(H,57,65)(H,58,67)(H,60,72)/t38-,39-,54-/m0/s1. The van der Waals surface area contributed by atoms with Gasteiger partial charge >= 0.3 is 12.1 Å². The molecule has 21 heteroatoms. The molecule has 6 amide bonds. The summed E-state index contributed by atoms with van der Waals surface area (Å²) in [5.41, 5.74) is 1.89. The van der Waals surface area contributed by atoms with Crippen LogP contribution in [-0.2, 0) is 79.4 Å². The number of nitrogens with zero attached hydrogens (tertiary/aromatic N) is 3. The zero-order valence-electron chi connectivity index (χ0n) is 41.6. The van der Waals surface area contributed by atoms with Crippen LogP contribution in [0.25, 0.3) is 22.3 Å². The predicted octanol–water partition coefficient (Wildman–Crippen LogP) is 3.38. The van der Waals surface area contributed by atoms with Crippen molar-refractivity contribution < 1.29 is 62.1 Å². The lowest BCUT2D eigenvalue weighted by Crippen LogP contribution is -2.44. The molecule has 2 aromatic carbocycles. The average molecular weight is 1030 g/mol. The van der Waals surface area contributed by atoms with Crippen LogP contribution >= 0.6 is 0 Å². The summed E-state index contributed by atoms with van der Waals surface area (Å²) in [5, 5.41) is 22.8. The molecule has 3 aliphatic heterocycles. The monoisotopic (exact) mass is 1030 g/mol. The summed E-state index contributed by atoms with van der Waals surface area (Å²) >= 11 is 0. The third kappa shape index (κ3) is 11.7. The van der Waals surface area contributed by atoms with Crippen molar-refractivity contribution in [1.29, 1.82) is 0 Å². The quantitative estimate of drug-likeness (QED) is 0.0357. The number of Topliss-reactive ketones (excluding diaryl/α,β-unsaturated/α-hetero) is 2. The number of ketones is 2. The number of ether oxygens (including phenoxy) is 2. The first-order chi connectivity index (χ1) is 36.0. The molecule has 3 atom stereocenters. The van der Waals surface area contributed by atoms with Gasteiger partial charge in [-0.1, -0.05) is 43.7 Å². The molecule has 75 heavy (non-hydrogen) atoms. The number of carbonyl (C=O) groups excluding carboxylic acids is 9. The minimum Gasteiger partial charge on any atom is -0.458 e. The molecule has 5 heterocycles. The summed E-state index contributed by atoms with van der Waals surface area (Å²) < 4.78 is 27.5. The van der Waals surface area contributed by atoms with E-state index < -0.39 is 58.7 Å². The molecule has 0 radical (unpaired) electrons. The van der Waals surface area contributed by atoms with Crippen LogP contribution in [0.5, 0.6) is 0 Å². The molecule has 4 aliphatic rings. The van der Waals surface area contributed by atoms with Crippen LogP contribution in [0.2, 0.25) is 0 Å². The minimum absolute atomic E-state index is 0.0475. The highest BCUT2D eigenvalue weighted by molar-refractivity contribution is 6.12. The number of alkyl carbamates (subject to hydrolysis) is 1. The molecule has 20 nitrogen and oxygen atoms in total. The van der Waals surface area contributed by atoms with E-state index in [2.05, 4.69) is 21.3 Å². The van der Waals surface area contributed by atoms with E-state index in [9.17, 15) is 53.1 Å². The van der Waals surface area contributed by atoms with E-state index in [1.807, 2.05) is 0 Å². The molecule has 0 unspecified atom stereocenters. The molecule has 1 aliphatic carbocycles. The number of aliphatic hydroxyl groups is 1. The summed E-state index contributed by atoms with van der Waals surface area (Å²) in [5.74, 6) is -4.29. The second kappa shape index (κ2) is 23.1. The normalized spacial score (nSPS) is 17.4. The number of aryl methyl sites for hydroxylation is 1. The van der Waals surface area contributed by atoms with Gasteiger partial charge in [-0.3, -0.25) is 43.3 Å². The first-order valence-electron chi connectivity index (χ1n) is 25.2. The summed E-state index contributed by atoms with van der Waals surface area (Å²) in [6.07, 6.45) is 3.31. The Morgan fingerprint density at radius 2 is 1.63 bits per heavy atom. The maximum atomic E-state index is 15.4. The number of hydrogen-bond acceptors (Lipinski definition) is 14. The number of halogens is 1. The Morgan fingerprint density at radius 3 is 2.37 bits per heavy atom. The number of unbranched alkanes of at least 4 members (excludes halogenated alkanes) is 2. The lowest BCUT2D eigenvalue weighted by atomic mass is 9.81. The Balaban J connectivity index is 0.805. The van der Waals surface area contributed by atoms with Crippen molar-refractivity contribution in [1.82, 2.24) is 35.7 Å². The molecule has 0 bridgehead atoms. The van der Waals surface area contributed by atoms with Crippen LogP contribution in [0.15, 0.2) is 59.4 Å². The smallest absolute Gasteiger partial charge is 0.407 e. The van der Waals surface area contributed by atoms with E-state index in [0.29, 0.717) is 71.1 Å². The van der Waals surface area contributed by atoms with Gasteiger partial charge in [-0.25, -0.2) is 19.0 Å². The Kier molecular flexibility index (Phi) is 16.4. The largest absolute Gasteiger partial charge is 0.458 e. The Morgan fingerprint density at radius 1 is 0.893 bits per heavy atom. The van der Waals surface area contributed by atoms with Crippen LogP contribution in [0.1, 0.15) is 116 Å². The van der Waals surface area contributed by atoms with Gasteiger partial charge in [0.05, 0.1) is 54.2 Å². The number of carbonyl (C=O) groups is 9. The van der Waals surface area contributed by atoms with Crippen molar-refractivity contribution in [2.75, 3.05) is 26.2 Å². The van der Waals surface area contributed by atoms with Gasteiger partial charge in [0.2, 0.25) is 17.7 Å². The van der Waals surface area contributed by atoms with Crippen molar-refractivity contribution in [2.45, 2.75) is 122 Å². The maximum Gasteiger partial charge on any atom is 0.407 e. The lowest BCUT2D eigenvalue weighted by molar-refractivity contribution is -0.172. The number of amides is 6. The van der Waals surface area contributed by atoms with E-state index in [1.165, 1.54) is 22.8 Å². The third-order valence-electron chi connectivity index (χ3n) is 14.2. The number of imide groups is 1. The number of fused-ring (bicyclic) bond motifs is 5. The fourth-order valence-electron chi connectivity index (χ4n) is 10.1. The second-order valence-electron chi connectivity index (χ2n) is 19.1. The van der Waals surface area contributed by atoms with Gasteiger partial charge in [0.25, 0.3) is 17.4 Å². The molecule has 0 saturated heterocycles. The van der Waals surface area contributed by atoms with E-state index in [4.69, 9.17) is 14.5 Å². The maximum absolute atomic E-state index is 15.4. The fraction of sp³-hybridized carbons (Fsp3) is 0.426. The van der Waals surface area contributed by atoms with Crippen molar-refractivity contribution in [3.05, 3.63) is 110 Å². The Hall–Kier alpha value is -7.94. The highest BCUT2D eigenvalue weighted by Gasteiger charge is 2.46. The summed E-state index contributed by atoms with van der Waals surface area (Å²) in [6.45, 7) is 2.65. The summed E-state index contributed by atoms with van der Waals surface area (Å²) in [6, 6.07) is 10.1. The second-order valence-corrected chi connectivity index (χ2v) is 19.1. The minimum atomic E-state index is -2.05. The van der Waals surface area contributed by atoms with Crippen molar-refractivity contribution >= 4 is 64.1 Å². The van der Waals surface area contributed by atoms with Crippen LogP contribution in [0, 0.1) is 12.7 Å². The number of benzene rings is 2. The lowest BCUT2D eigenvalue weighted by Gasteiger charge is -2.31. The summed E-state index contributed by atoms with van der Waals surface area (Å²) in [4.78, 5) is 134. The van der Waals surface area contributed by atoms with Gasteiger partial charge in [-0.2, -0.15) is 0 Å². The number of rotatable bonds is 23. The summed E-state index contributed by atoms with van der Waals surface area (Å²) in [7, 11) is 0. The SMILES string of the molecule is CC[C@@]1(O)C(=O)OCc2c1cc1n(c2=O)Cc2c-1nc1cc(F)c(C)c3c1c2[C@@H](NC(=O)OCCNC(=O)CCC(=O)[C@H](Cc1ccccc1)NC(=O)CCC(=O)CNC(=O)CCCCCN1C(=O)C=CC1=O)CC3. The molecule has 0 spiro atoms. The number of cyclic esters (lactones) is 1. The number of pyridine rings is 2. The third-order valence-corrected chi connectivity index (χ3v) is 14.2. The van der Waals surface area contributed by atoms with E-state index >= 15 is 4.39 Å². The highest BCUT2D eigenvalue weighted by atomic mass is 19.1. The van der Waals surface area contributed by atoms with Gasteiger partial charge in [0.15, 0.2) is 17.2 Å². The van der Waals surface area contributed by atoms with Crippen LogP contribution in [0.4, 0.5) is 9.18 Å². The Labute approximate surface area is 429 Å². The van der Waals surface area contributed by atoms with Gasteiger partial charge in [-0.15, -0.1) is 0 Å². The molecule has 5 N–H and O–H groups in total. The average Bonchev–Trinajstić information content (AvgIpc) is 3.98. The topological polar surface area (TPSA) is 279 Å². The number of nitrogens with one attached hydrogen (secondary N) is 4. The van der Waals surface area contributed by atoms with Gasteiger partial charge in [0, 0.05) is 73.4 Å². The molecule has 0 fully saturated rings. The van der Waals surface area contributed by atoms with E-state index in [-0.39, 0.29) is 119 Å². The van der Waals surface area contributed by atoms with Crippen molar-refractivity contribution in [3.8, 4) is 11.4 Å². The van der Waals surface area contributed by atoms with Crippen LogP contribution < -0.4 is 26.8 Å². The highest BCUT2D eigenvalue weighted by Crippen LogP contribution is 2.46. The van der Waals surface area contributed by atoms with Gasteiger partial charge in [0.1, 0.15) is 19.0 Å². The molecule has 394 valence electrons. The zero-order chi connectivity index (χ0) is 53.6. The molecule has 4 aromatic rings. The van der Waals surface area contributed by atoms with E-state index in [1.54, 1.807) is 50.2 Å². The number of hydrogen-bond donors (Lipinski definition) is 5. The van der Waals surface area contributed by atoms with Crippen molar-refractivity contribution in [3.63, 3.8) is 0 Å². The number of aromatic nitrogens is 2. The first kappa shape index (κ1) is 53.4. The van der Waals surface area contributed by atoms with Gasteiger partial charge < -0.3 is 40.4 Å². The van der Waals surface area contributed by atoms with Gasteiger partial charge in [-0.05, 0) is 73.8 Å². The molecule has 0 saturated carbocycles.